The molecule has 1 saturated heterocycles. The number of ether oxygens (including phenoxy) is 1. The molecule has 170 valence electrons. The van der Waals surface area contributed by atoms with Crippen molar-refractivity contribution in [2.45, 2.75) is 33.7 Å². The first-order valence-corrected chi connectivity index (χ1v) is 11.0. The van der Waals surface area contributed by atoms with Crippen LogP contribution in [0.1, 0.15) is 42.1 Å². The fraction of sp³-hybridized carbons (Fsp3) is 0.385. The van der Waals surface area contributed by atoms with Crippen molar-refractivity contribution in [3.05, 3.63) is 70.3 Å². The minimum absolute atomic E-state index is 0.101. The largest absolute Gasteiger partial charge is 0.507 e. The van der Waals surface area contributed by atoms with Crippen LogP contribution in [-0.2, 0) is 9.59 Å². The Labute approximate surface area is 190 Å². The minimum Gasteiger partial charge on any atom is -0.507 e. The number of hydrogen-bond acceptors (Lipinski definition) is 5. The minimum atomic E-state index is -0.669. The highest BCUT2D eigenvalue weighted by Gasteiger charge is 2.46. The van der Waals surface area contributed by atoms with Crippen LogP contribution >= 0.6 is 0 Å². The van der Waals surface area contributed by atoms with Crippen molar-refractivity contribution in [3.8, 4) is 5.75 Å². The van der Waals surface area contributed by atoms with Gasteiger partial charge in [0, 0.05) is 13.1 Å². The summed E-state index contributed by atoms with van der Waals surface area (Å²) < 4.78 is 5.54. The first-order valence-electron chi connectivity index (χ1n) is 11.0. The summed E-state index contributed by atoms with van der Waals surface area (Å²) in [5.74, 6) is -0.964. The maximum absolute atomic E-state index is 13.2. The lowest BCUT2D eigenvalue weighted by molar-refractivity contribution is -0.140. The number of aryl methyl sites for hydroxylation is 2. The number of carbonyl (C=O) groups is 2. The van der Waals surface area contributed by atoms with Gasteiger partial charge in [0.2, 0.25) is 0 Å². The van der Waals surface area contributed by atoms with Crippen molar-refractivity contribution in [2.24, 2.45) is 0 Å². The molecule has 0 radical (unpaired) electrons. The quantitative estimate of drug-likeness (QED) is 0.384. The molecule has 0 aliphatic carbocycles. The summed E-state index contributed by atoms with van der Waals surface area (Å²) in [5.41, 5.74) is 3.09. The average molecular weight is 437 g/mol. The van der Waals surface area contributed by atoms with Gasteiger partial charge in [-0.05, 0) is 49.7 Å². The van der Waals surface area contributed by atoms with E-state index in [0.717, 1.165) is 29.8 Å². The second-order valence-corrected chi connectivity index (χ2v) is 8.09. The number of carbonyl (C=O) groups excluding carboxylic acids is 2. The van der Waals surface area contributed by atoms with Gasteiger partial charge in [-0.25, -0.2) is 0 Å². The number of aliphatic hydroxyl groups is 1. The molecule has 1 unspecified atom stereocenters. The van der Waals surface area contributed by atoms with E-state index in [2.05, 4.69) is 18.7 Å². The molecule has 1 amide bonds. The summed E-state index contributed by atoms with van der Waals surface area (Å²) in [6.07, 6.45) is 0. The standard InChI is InChI=1S/C26H32N2O4/c1-6-27(7-2)13-14-28-22(19-11-9-8-10-12-19)21(24(30)26(28)31)23(29)20-16-17(3)15-18(4)25(20)32-5/h8-12,15-16,22,29H,6-7,13-14H2,1-5H3/b23-21+. The smallest absolute Gasteiger partial charge is 0.295 e. The van der Waals surface area contributed by atoms with E-state index in [-0.39, 0.29) is 11.3 Å². The van der Waals surface area contributed by atoms with E-state index in [1.807, 2.05) is 50.2 Å². The molecule has 1 atom stereocenters. The topological polar surface area (TPSA) is 70.1 Å². The molecule has 1 N–H and O–H groups in total. The summed E-state index contributed by atoms with van der Waals surface area (Å²) in [4.78, 5) is 30.1. The molecule has 0 bridgehead atoms. The Morgan fingerprint density at radius 2 is 1.75 bits per heavy atom. The summed E-state index contributed by atoms with van der Waals surface area (Å²) in [5, 5.41) is 11.4. The molecular weight excluding hydrogens is 404 g/mol. The monoisotopic (exact) mass is 436 g/mol. The Balaban J connectivity index is 2.17. The number of Topliss-reactive ketones (excluding diaryl/α,β-unsaturated/α-hetero) is 1. The Hall–Kier alpha value is -3.12. The SMILES string of the molecule is CCN(CC)CCN1C(=O)C(=O)/C(=C(/O)c2cc(C)cc(C)c2OC)C1c1ccccc1. The number of amides is 1. The van der Waals surface area contributed by atoms with E-state index in [0.29, 0.717) is 24.4 Å². The van der Waals surface area contributed by atoms with Crippen molar-refractivity contribution < 1.29 is 19.4 Å². The first-order chi connectivity index (χ1) is 15.3. The predicted molar refractivity (Wildman–Crippen MR) is 126 cm³/mol. The third-order valence-corrected chi connectivity index (χ3v) is 6.09. The second-order valence-electron chi connectivity index (χ2n) is 8.09. The number of aliphatic hydroxyl groups excluding tert-OH is 1. The molecule has 1 aliphatic heterocycles. The summed E-state index contributed by atoms with van der Waals surface area (Å²) in [6.45, 7) is 10.7. The van der Waals surface area contributed by atoms with Gasteiger partial charge in [0.05, 0.1) is 24.3 Å². The highest BCUT2D eigenvalue weighted by Crippen LogP contribution is 2.41. The number of nitrogens with zero attached hydrogens (tertiary/aromatic N) is 2. The fourth-order valence-corrected chi connectivity index (χ4v) is 4.43. The molecule has 2 aromatic carbocycles. The molecule has 1 aliphatic rings. The Morgan fingerprint density at radius 1 is 1.09 bits per heavy atom. The zero-order valence-electron chi connectivity index (χ0n) is 19.5. The highest BCUT2D eigenvalue weighted by molar-refractivity contribution is 6.46. The number of rotatable bonds is 8. The molecular formula is C26H32N2O4. The van der Waals surface area contributed by atoms with Crippen molar-refractivity contribution in [2.75, 3.05) is 33.3 Å². The van der Waals surface area contributed by atoms with Crippen LogP contribution in [-0.4, -0.2) is 59.9 Å². The fourth-order valence-electron chi connectivity index (χ4n) is 4.43. The van der Waals surface area contributed by atoms with Gasteiger partial charge in [0.1, 0.15) is 11.5 Å². The van der Waals surface area contributed by atoms with Crippen LogP contribution in [0, 0.1) is 13.8 Å². The molecule has 1 heterocycles. The van der Waals surface area contributed by atoms with Crippen molar-refractivity contribution in [1.82, 2.24) is 9.80 Å². The number of ketones is 1. The number of hydrogen-bond donors (Lipinski definition) is 1. The van der Waals surface area contributed by atoms with E-state index >= 15 is 0 Å². The number of benzene rings is 2. The summed E-state index contributed by atoms with van der Waals surface area (Å²) in [7, 11) is 1.53. The maximum Gasteiger partial charge on any atom is 0.295 e. The second kappa shape index (κ2) is 10.0. The van der Waals surface area contributed by atoms with Crippen LogP contribution in [0.3, 0.4) is 0 Å². The van der Waals surface area contributed by atoms with E-state index in [9.17, 15) is 14.7 Å². The maximum atomic E-state index is 13.2. The molecule has 32 heavy (non-hydrogen) atoms. The zero-order chi connectivity index (χ0) is 23.4. The molecule has 6 nitrogen and oxygen atoms in total. The lowest BCUT2D eigenvalue weighted by Crippen LogP contribution is -2.38. The number of likely N-dealkylation sites (tertiary alicyclic amines) is 1. The lowest BCUT2D eigenvalue weighted by atomic mass is 9.93. The molecule has 1 fully saturated rings. The van der Waals surface area contributed by atoms with Crippen molar-refractivity contribution >= 4 is 17.4 Å². The van der Waals surface area contributed by atoms with Gasteiger partial charge in [-0.3, -0.25) is 9.59 Å². The molecule has 2 aromatic rings. The van der Waals surface area contributed by atoms with Gasteiger partial charge in [-0.1, -0.05) is 50.2 Å². The van der Waals surface area contributed by atoms with Crippen LogP contribution in [0.15, 0.2) is 48.0 Å². The Morgan fingerprint density at radius 3 is 2.34 bits per heavy atom. The summed E-state index contributed by atoms with van der Waals surface area (Å²) >= 11 is 0. The van der Waals surface area contributed by atoms with Crippen LogP contribution < -0.4 is 4.74 Å². The Bertz CT molecular complexity index is 1030. The van der Waals surface area contributed by atoms with Gasteiger partial charge in [-0.15, -0.1) is 0 Å². The van der Waals surface area contributed by atoms with Gasteiger partial charge in [-0.2, -0.15) is 0 Å². The van der Waals surface area contributed by atoms with Crippen LogP contribution in [0.2, 0.25) is 0 Å². The first kappa shape index (κ1) is 23.5. The van der Waals surface area contributed by atoms with E-state index in [1.165, 1.54) is 7.11 Å². The van der Waals surface area contributed by atoms with Crippen molar-refractivity contribution in [1.29, 1.82) is 0 Å². The van der Waals surface area contributed by atoms with Gasteiger partial charge < -0.3 is 19.6 Å². The van der Waals surface area contributed by atoms with Crippen LogP contribution in [0.5, 0.6) is 5.75 Å². The predicted octanol–water partition coefficient (Wildman–Crippen LogP) is 4.08. The van der Waals surface area contributed by atoms with Crippen LogP contribution in [0.25, 0.3) is 5.76 Å². The lowest BCUT2D eigenvalue weighted by Gasteiger charge is -2.28. The Kier molecular flexibility index (Phi) is 7.36. The average Bonchev–Trinajstić information content (AvgIpc) is 3.04. The van der Waals surface area contributed by atoms with E-state index < -0.39 is 17.7 Å². The zero-order valence-corrected chi connectivity index (χ0v) is 19.5. The molecule has 0 spiro atoms. The number of methoxy groups -OCH3 is 1. The van der Waals surface area contributed by atoms with E-state index in [4.69, 9.17) is 4.74 Å². The molecule has 6 heteroatoms. The molecule has 0 aromatic heterocycles. The van der Waals surface area contributed by atoms with Crippen molar-refractivity contribution in [3.63, 3.8) is 0 Å². The third-order valence-electron chi connectivity index (χ3n) is 6.09. The van der Waals surface area contributed by atoms with Gasteiger partial charge in [0.15, 0.2) is 0 Å². The van der Waals surface area contributed by atoms with Gasteiger partial charge in [0.25, 0.3) is 11.7 Å². The van der Waals surface area contributed by atoms with Gasteiger partial charge >= 0.3 is 0 Å². The van der Waals surface area contributed by atoms with E-state index in [1.54, 1.807) is 11.0 Å². The number of likely N-dealkylation sites (N-methyl/N-ethyl adjacent to an activating group) is 1. The summed E-state index contributed by atoms with van der Waals surface area (Å²) in [6, 6.07) is 12.5. The molecule has 3 rings (SSSR count). The molecule has 0 saturated carbocycles. The third kappa shape index (κ3) is 4.41. The highest BCUT2D eigenvalue weighted by atomic mass is 16.5. The van der Waals surface area contributed by atoms with Crippen LogP contribution in [0.4, 0.5) is 0 Å². The normalized spacial score (nSPS) is 17.9.